The topological polar surface area (TPSA) is 70.9 Å². The molecular weight excluding hydrogens is 350 g/mol. The van der Waals surface area contributed by atoms with Gasteiger partial charge in [0.25, 0.3) is 5.91 Å². The standard InChI is InChI=1S/C16H22ClN3O3S/c1-12(16(21)18-14-5-6-14)19-7-9-20(10-8-19)24(22,23)15-4-2-3-13(17)11-15/h2-4,11-12,14H,5-10H2,1H3,(H,18,21)/p+1/t12-/m1/s1. The van der Waals surface area contributed by atoms with E-state index in [2.05, 4.69) is 5.32 Å². The zero-order chi connectivity index (χ0) is 17.3. The average Bonchev–Trinajstić information content (AvgIpc) is 3.38. The molecule has 2 fully saturated rings. The van der Waals surface area contributed by atoms with Crippen LogP contribution in [0.2, 0.25) is 5.02 Å². The van der Waals surface area contributed by atoms with Crippen LogP contribution >= 0.6 is 11.6 Å². The molecule has 2 N–H and O–H groups in total. The van der Waals surface area contributed by atoms with Crippen LogP contribution in [0.25, 0.3) is 0 Å². The number of carbonyl (C=O) groups is 1. The molecule has 0 radical (unpaired) electrons. The lowest BCUT2D eigenvalue weighted by atomic mass is 10.2. The van der Waals surface area contributed by atoms with Crippen molar-refractivity contribution >= 4 is 27.5 Å². The van der Waals surface area contributed by atoms with Crippen LogP contribution in [-0.2, 0) is 14.8 Å². The maximum absolute atomic E-state index is 12.7. The highest BCUT2D eigenvalue weighted by molar-refractivity contribution is 7.89. The summed E-state index contributed by atoms with van der Waals surface area (Å²) in [7, 11) is -3.53. The number of piperazine rings is 1. The van der Waals surface area contributed by atoms with Gasteiger partial charge in [-0.15, -0.1) is 0 Å². The zero-order valence-corrected chi connectivity index (χ0v) is 15.2. The number of nitrogens with zero attached hydrogens (tertiary/aromatic N) is 1. The van der Waals surface area contributed by atoms with E-state index in [1.807, 2.05) is 6.92 Å². The number of carbonyl (C=O) groups excluding carboxylic acids is 1. The minimum atomic E-state index is -3.53. The van der Waals surface area contributed by atoms with Gasteiger partial charge in [-0.05, 0) is 38.0 Å². The van der Waals surface area contributed by atoms with E-state index in [1.165, 1.54) is 10.4 Å². The first-order valence-corrected chi connectivity index (χ1v) is 10.1. The molecule has 1 amide bonds. The molecule has 0 aromatic heterocycles. The quantitative estimate of drug-likeness (QED) is 0.758. The molecule has 3 rings (SSSR count). The Hall–Kier alpha value is -1.15. The predicted octanol–water partition coefficient (Wildman–Crippen LogP) is -0.104. The molecule has 0 spiro atoms. The Morgan fingerprint density at radius 1 is 1.33 bits per heavy atom. The van der Waals surface area contributed by atoms with Crippen LogP contribution < -0.4 is 10.2 Å². The lowest BCUT2D eigenvalue weighted by Gasteiger charge is -2.34. The smallest absolute Gasteiger partial charge is 0.278 e. The largest absolute Gasteiger partial charge is 0.348 e. The Balaban J connectivity index is 1.60. The molecule has 132 valence electrons. The van der Waals surface area contributed by atoms with E-state index in [0.29, 0.717) is 37.2 Å². The molecule has 0 unspecified atom stereocenters. The lowest BCUT2D eigenvalue weighted by molar-refractivity contribution is -0.917. The molecule has 24 heavy (non-hydrogen) atoms. The third-order valence-corrected chi connectivity index (χ3v) is 6.86. The van der Waals surface area contributed by atoms with E-state index in [1.54, 1.807) is 18.2 Å². The first kappa shape index (κ1) is 17.7. The van der Waals surface area contributed by atoms with Crippen molar-refractivity contribution in [3.63, 3.8) is 0 Å². The maximum Gasteiger partial charge on any atom is 0.278 e. The summed E-state index contributed by atoms with van der Waals surface area (Å²) in [5.74, 6) is 0.0682. The summed E-state index contributed by atoms with van der Waals surface area (Å²) in [5.41, 5.74) is 0. The van der Waals surface area contributed by atoms with Crippen LogP contribution in [0.3, 0.4) is 0 Å². The van der Waals surface area contributed by atoms with Crippen LogP contribution in [0.5, 0.6) is 0 Å². The number of amides is 1. The molecule has 2 aliphatic rings. The Morgan fingerprint density at radius 2 is 2.00 bits per heavy atom. The van der Waals surface area contributed by atoms with E-state index in [4.69, 9.17) is 11.6 Å². The van der Waals surface area contributed by atoms with Gasteiger partial charge in [-0.1, -0.05) is 17.7 Å². The average molecular weight is 373 g/mol. The number of sulfonamides is 1. The number of rotatable bonds is 5. The van der Waals surface area contributed by atoms with Gasteiger partial charge in [-0.3, -0.25) is 4.79 Å². The fourth-order valence-electron chi connectivity index (χ4n) is 2.96. The summed E-state index contributed by atoms with van der Waals surface area (Å²) in [4.78, 5) is 13.5. The third-order valence-electron chi connectivity index (χ3n) is 4.73. The van der Waals surface area contributed by atoms with E-state index in [0.717, 1.165) is 17.7 Å². The van der Waals surface area contributed by atoms with Gasteiger partial charge in [0.1, 0.15) is 0 Å². The van der Waals surface area contributed by atoms with Gasteiger partial charge < -0.3 is 10.2 Å². The lowest BCUT2D eigenvalue weighted by Crippen LogP contribution is -3.19. The third kappa shape index (κ3) is 3.91. The zero-order valence-electron chi connectivity index (χ0n) is 13.7. The molecule has 1 atom stereocenters. The van der Waals surface area contributed by atoms with E-state index in [-0.39, 0.29) is 16.8 Å². The van der Waals surface area contributed by atoms with Crippen molar-refractivity contribution in [1.82, 2.24) is 9.62 Å². The normalized spacial score (nSPS) is 21.4. The first-order chi connectivity index (χ1) is 11.4. The fourth-order valence-corrected chi connectivity index (χ4v) is 4.71. The molecule has 0 bridgehead atoms. The van der Waals surface area contributed by atoms with Gasteiger partial charge in [0.15, 0.2) is 6.04 Å². The molecule has 6 nitrogen and oxygen atoms in total. The van der Waals surface area contributed by atoms with Crippen molar-refractivity contribution in [3.05, 3.63) is 29.3 Å². The highest BCUT2D eigenvalue weighted by Crippen LogP contribution is 2.20. The SMILES string of the molecule is C[C@H](C(=O)NC1CC1)[NH+]1CCN(S(=O)(=O)c2cccc(Cl)c2)CC1. The van der Waals surface area contributed by atoms with Gasteiger partial charge in [-0.2, -0.15) is 4.31 Å². The van der Waals surface area contributed by atoms with E-state index in [9.17, 15) is 13.2 Å². The minimum Gasteiger partial charge on any atom is -0.348 e. The minimum absolute atomic E-state index is 0.0682. The highest BCUT2D eigenvalue weighted by atomic mass is 35.5. The number of quaternary nitrogens is 1. The Bertz CT molecular complexity index is 713. The van der Waals surface area contributed by atoms with Gasteiger partial charge >= 0.3 is 0 Å². The van der Waals surface area contributed by atoms with E-state index < -0.39 is 10.0 Å². The van der Waals surface area contributed by atoms with Crippen LogP contribution in [0.15, 0.2) is 29.2 Å². The molecule has 1 aliphatic carbocycles. The van der Waals surface area contributed by atoms with Gasteiger partial charge in [0.05, 0.1) is 31.1 Å². The van der Waals surface area contributed by atoms with Crippen LogP contribution in [-0.4, -0.2) is 56.9 Å². The first-order valence-electron chi connectivity index (χ1n) is 8.28. The van der Waals surface area contributed by atoms with Crippen molar-refractivity contribution in [2.75, 3.05) is 26.2 Å². The van der Waals surface area contributed by atoms with Gasteiger partial charge in [-0.25, -0.2) is 8.42 Å². The molecular formula is C16H23ClN3O3S+. The molecule has 1 heterocycles. The molecule has 1 aliphatic heterocycles. The second-order valence-corrected chi connectivity index (χ2v) is 8.90. The molecule has 1 saturated carbocycles. The van der Waals surface area contributed by atoms with Crippen LogP contribution in [0, 0.1) is 0 Å². The summed E-state index contributed by atoms with van der Waals surface area (Å²) in [5, 5.41) is 3.43. The summed E-state index contributed by atoms with van der Waals surface area (Å²) in [6, 6.07) is 6.53. The Labute approximate surface area is 147 Å². The molecule has 1 aromatic rings. The van der Waals surface area contributed by atoms with Gasteiger partial charge in [0, 0.05) is 11.1 Å². The number of halogens is 1. The summed E-state index contributed by atoms with van der Waals surface area (Å²) < 4.78 is 26.8. The van der Waals surface area contributed by atoms with Crippen molar-refractivity contribution in [3.8, 4) is 0 Å². The number of hydrogen-bond acceptors (Lipinski definition) is 3. The van der Waals surface area contributed by atoms with Crippen LogP contribution in [0.1, 0.15) is 19.8 Å². The van der Waals surface area contributed by atoms with Gasteiger partial charge in [0.2, 0.25) is 10.0 Å². The van der Waals surface area contributed by atoms with Crippen molar-refractivity contribution in [2.24, 2.45) is 0 Å². The summed E-state index contributed by atoms with van der Waals surface area (Å²) in [6.07, 6.45) is 2.14. The number of benzene rings is 1. The number of nitrogens with one attached hydrogen (secondary N) is 2. The van der Waals surface area contributed by atoms with Crippen molar-refractivity contribution in [2.45, 2.75) is 36.7 Å². The van der Waals surface area contributed by atoms with Crippen molar-refractivity contribution < 1.29 is 18.1 Å². The predicted molar refractivity (Wildman–Crippen MR) is 91.5 cm³/mol. The van der Waals surface area contributed by atoms with E-state index >= 15 is 0 Å². The molecule has 1 aromatic carbocycles. The van der Waals surface area contributed by atoms with Crippen LogP contribution in [0.4, 0.5) is 0 Å². The molecule has 8 heteroatoms. The molecule has 1 saturated heterocycles. The second kappa shape index (κ2) is 7.00. The second-order valence-electron chi connectivity index (χ2n) is 6.52. The monoisotopic (exact) mass is 372 g/mol. The van der Waals surface area contributed by atoms with Crippen molar-refractivity contribution in [1.29, 1.82) is 0 Å². The Kier molecular flexibility index (Phi) is 5.15. The summed E-state index contributed by atoms with van der Waals surface area (Å²) >= 11 is 5.90. The number of hydrogen-bond donors (Lipinski definition) is 2. The maximum atomic E-state index is 12.7. The highest BCUT2D eigenvalue weighted by Gasteiger charge is 2.35. The fraction of sp³-hybridized carbons (Fsp3) is 0.562. The summed E-state index contributed by atoms with van der Waals surface area (Å²) in [6.45, 7) is 3.97. The Morgan fingerprint density at radius 3 is 2.58 bits per heavy atom.